The largest absolute Gasteiger partial charge is 0.321 e. The molecule has 6 rings (SSSR count). The van der Waals surface area contributed by atoms with E-state index in [9.17, 15) is 0 Å². The first kappa shape index (κ1) is 23.6. The van der Waals surface area contributed by atoms with Gasteiger partial charge in [-0.3, -0.25) is 9.97 Å². The molecule has 1 fully saturated rings. The number of pyridine rings is 2. The lowest BCUT2D eigenvalue weighted by atomic mass is 9.87. The molecule has 0 saturated heterocycles. The van der Waals surface area contributed by atoms with Crippen molar-refractivity contribution in [1.29, 1.82) is 0 Å². The Morgan fingerprint density at radius 3 is 2.11 bits per heavy atom. The van der Waals surface area contributed by atoms with Crippen molar-refractivity contribution in [3.05, 3.63) is 114 Å². The van der Waals surface area contributed by atoms with Gasteiger partial charge in [0.05, 0.1) is 11.0 Å². The summed E-state index contributed by atoms with van der Waals surface area (Å²) in [6.45, 7) is 2.15. The quantitative estimate of drug-likeness (QED) is 0.228. The molecule has 1 saturated carbocycles. The highest BCUT2D eigenvalue weighted by Crippen LogP contribution is 2.36. The van der Waals surface area contributed by atoms with Crippen LogP contribution in [0.2, 0.25) is 0 Å². The van der Waals surface area contributed by atoms with Crippen LogP contribution >= 0.6 is 0 Å². The van der Waals surface area contributed by atoms with Crippen LogP contribution in [0.4, 0.5) is 0 Å². The lowest BCUT2D eigenvalue weighted by Gasteiger charge is -2.21. The summed E-state index contributed by atoms with van der Waals surface area (Å²) >= 11 is 0. The normalized spacial score (nSPS) is 14.8. The van der Waals surface area contributed by atoms with E-state index < -0.39 is 0 Å². The Balaban J connectivity index is 1.35. The van der Waals surface area contributed by atoms with Crippen LogP contribution in [0.1, 0.15) is 72.7 Å². The topological polar surface area (TPSA) is 43.6 Å². The molecule has 1 aliphatic carbocycles. The van der Waals surface area contributed by atoms with Crippen LogP contribution in [0.3, 0.4) is 0 Å². The molecule has 0 N–H and O–H groups in total. The number of benzene rings is 2. The second-order valence-corrected chi connectivity index (χ2v) is 10.5. The maximum Gasteiger partial charge on any atom is 0.141 e. The highest BCUT2D eigenvalue weighted by molar-refractivity contribution is 5.81. The van der Waals surface area contributed by atoms with E-state index in [-0.39, 0.29) is 5.92 Å². The van der Waals surface area contributed by atoms with Crippen LogP contribution < -0.4 is 0 Å². The third kappa shape index (κ3) is 5.06. The number of hydrogen-bond acceptors (Lipinski definition) is 3. The van der Waals surface area contributed by atoms with E-state index in [1.165, 1.54) is 71.9 Å². The number of nitrogens with zero attached hydrogens (tertiary/aromatic N) is 4. The molecule has 1 aliphatic rings. The van der Waals surface area contributed by atoms with E-state index in [0.717, 1.165) is 17.8 Å². The average Bonchev–Trinajstić information content (AvgIpc) is 3.11. The van der Waals surface area contributed by atoms with Gasteiger partial charge < -0.3 is 4.57 Å². The zero-order chi connectivity index (χ0) is 25.0. The van der Waals surface area contributed by atoms with Crippen molar-refractivity contribution in [2.24, 2.45) is 0 Å². The van der Waals surface area contributed by atoms with Crippen molar-refractivity contribution in [2.45, 2.75) is 63.8 Å². The predicted octanol–water partition coefficient (Wildman–Crippen LogP) is 8.07. The van der Waals surface area contributed by atoms with E-state index in [0.29, 0.717) is 6.04 Å². The third-order valence-corrected chi connectivity index (χ3v) is 7.86. The fraction of sp³-hybridized carbons (Fsp3) is 0.303. The summed E-state index contributed by atoms with van der Waals surface area (Å²) in [6, 6.07) is 24.7. The molecule has 0 spiro atoms. The van der Waals surface area contributed by atoms with Gasteiger partial charge in [-0.05, 0) is 72.7 Å². The summed E-state index contributed by atoms with van der Waals surface area (Å²) in [6.07, 6.45) is 16.3. The molecule has 2 aromatic carbocycles. The average molecular weight is 487 g/mol. The molecule has 4 heteroatoms. The minimum absolute atomic E-state index is 0.215. The molecule has 0 radical (unpaired) electrons. The standard InChI is InChI=1S/C33H34N4/c1-24-12-17-32-31(20-24)36-33(37(32)29-10-4-2-3-5-11-29)26-15-13-25(14-16-26)21-30(27-8-6-18-34-22-27)28-9-7-19-35-23-28/h6-9,12-20,22-23,29-30H,2-5,10-11,21H2,1H3. The second-order valence-electron chi connectivity index (χ2n) is 10.5. The van der Waals surface area contributed by atoms with Gasteiger partial charge in [0, 0.05) is 42.3 Å². The Morgan fingerprint density at radius 2 is 1.49 bits per heavy atom. The van der Waals surface area contributed by atoms with Crippen LogP contribution in [0.15, 0.2) is 91.5 Å². The number of aryl methyl sites for hydroxylation is 1. The minimum atomic E-state index is 0.215. The molecule has 5 aromatic rings. The smallest absolute Gasteiger partial charge is 0.141 e. The first-order chi connectivity index (χ1) is 18.3. The highest BCUT2D eigenvalue weighted by Gasteiger charge is 2.22. The van der Waals surface area contributed by atoms with Gasteiger partial charge in [0.15, 0.2) is 0 Å². The molecule has 0 unspecified atom stereocenters. The number of hydrogen-bond donors (Lipinski definition) is 0. The molecule has 0 atom stereocenters. The summed E-state index contributed by atoms with van der Waals surface area (Å²) in [7, 11) is 0. The summed E-state index contributed by atoms with van der Waals surface area (Å²) in [5, 5.41) is 0. The van der Waals surface area contributed by atoms with Gasteiger partial charge in [0.25, 0.3) is 0 Å². The summed E-state index contributed by atoms with van der Waals surface area (Å²) in [4.78, 5) is 13.9. The Bertz CT molecular complexity index is 1410. The number of rotatable bonds is 6. The SMILES string of the molecule is Cc1ccc2c(c1)nc(-c1ccc(CC(c3cccnc3)c3cccnc3)cc1)n2C1CCCCCC1. The van der Waals surface area contributed by atoms with Gasteiger partial charge >= 0.3 is 0 Å². The molecular formula is C33H34N4. The fourth-order valence-corrected chi connectivity index (χ4v) is 5.92. The van der Waals surface area contributed by atoms with Gasteiger partial charge in [0.2, 0.25) is 0 Å². The van der Waals surface area contributed by atoms with Gasteiger partial charge in [-0.1, -0.05) is 68.1 Å². The van der Waals surface area contributed by atoms with E-state index in [4.69, 9.17) is 4.98 Å². The van der Waals surface area contributed by atoms with Crippen molar-refractivity contribution in [2.75, 3.05) is 0 Å². The summed E-state index contributed by atoms with van der Waals surface area (Å²) in [5.74, 6) is 1.32. The molecule has 0 bridgehead atoms. The zero-order valence-electron chi connectivity index (χ0n) is 21.6. The Labute approximate surface area is 219 Å². The van der Waals surface area contributed by atoms with Crippen LogP contribution in [0, 0.1) is 6.92 Å². The maximum absolute atomic E-state index is 5.18. The van der Waals surface area contributed by atoms with Crippen LogP contribution in [0.25, 0.3) is 22.4 Å². The molecular weight excluding hydrogens is 452 g/mol. The van der Waals surface area contributed by atoms with Crippen molar-refractivity contribution < 1.29 is 0 Å². The van der Waals surface area contributed by atoms with E-state index in [1.807, 2.05) is 36.9 Å². The highest BCUT2D eigenvalue weighted by atomic mass is 15.1. The van der Waals surface area contributed by atoms with Crippen molar-refractivity contribution >= 4 is 11.0 Å². The van der Waals surface area contributed by atoms with Gasteiger partial charge in [-0.2, -0.15) is 0 Å². The Hall–Kier alpha value is -3.79. The predicted molar refractivity (Wildman–Crippen MR) is 151 cm³/mol. The molecule has 37 heavy (non-hydrogen) atoms. The molecule has 4 nitrogen and oxygen atoms in total. The van der Waals surface area contributed by atoms with Crippen LogP contribution in [0.5, 0.6) is 0 Å². The third-order valence-electron chi connectivity index (χ3n) is 7.86. The lowest BCUT2D eigenvalue weighted by Crippen LogP contribution is -2.10. The second kappa shape index (κ2) is 10.7. The number of imidazole rings is 1. The summed E-state index contributed by atoms with van der Waals surface area (Å²) in [5.41, 5.74) is 8.56. The number of fused-ring (bicyclic) bond motifs is 1. The van der Waals surface area contributed by atoms with Crippen molar-refractivity contribution in [1.82, 2.24) is 19.5 Å². The van der Waals surface area contributed by atoms with Crippen molar-refractivity contribution in [3.8, 4) is 11.4 Å². The Morgan fingerprint density at radius 1 is 0.811 bits per heavy atom. The van der Waals surface area contributed by atoms with Crippen LogP contribution in [-0.2, 0) is 6.42 Å². The summed E-state index contributed by atoms with van der Waals surface area (Å²) < 4.78 is 2.54. The molecule has 186 valence electrons. The lowest BCUT2D eigenvalue weighted by molar-refractivity contribution is 0.458. The van der Waals surface area contributed by atoms with Gasteiger partial charge in [-0.15, -0.1) is 0 Å². The number of aromatic nitrogens is 4. The monoisotopic (exact) mass is 486 g/mol. The maximum atomic E-state index is 5.18. The Kier molecular flexibility index (Phi) is 6.81. The zero-order valence-corrected chi connectivity index (χ0v) is 21.6. The molecule has 0 aliphatic heterocycles. The molecule has 3 aromatic heterocycles. The van der Waals surface area contributed by atoms with Crippen molar-refractivity contribution in [3.63, 3.8) is 0 Å². The van der Waals surface area contributed by atoms with Crippen LogP contribution in [-0.4, -0.2) is 19.5 Å². The molecule has 0 amide bonds. The van der Waals surface area contributed by atoms with E-state index in [2.05, 4.69) is 76.1 Å². The first-order valence-electron chi connectivity index (χ1n) is 13.6. The van der Waals surface area contributed by atoms with E-state index in [1.54, 1.807) is 0 Å². The van der Waals surface area contributed by atoms with E-state index >= 15 is 0 Å². The fourth-order valence-electron chi connectivity index (χ4n) is 5.92. The first-order valence-corrected chi connectivity index (χ1v) is 13.6. The van der Waals surface area contributed by atoms with Gasteiger partial charge in [0.1, 0.15) is 5.82 Å². The van der Waals surface area contributed by atoms with Gasteiger partial charge in [-0.25, -0.2) is 4.98 Å². The molecule has 3 heterocycles. The minimum Gasteiger partial charge on any atom is -0.321 e.